The molecular weight excluding hydrogens is 246 g/mol. The predicted molar refractivity (Wildman–Crippen MR) is 83.9 cm³/mol. The molecule has 2 fully saturated rings. The predicted octanol–water partition coefficient (Wildman–Crippen LogP) is 3.35. The van der Waals surface area contributed by atoms with E-state index in [9.17, 15) is 0 Å². The molecule has 1 N–H and O–H groups in total. The van der Waals surface area contributed by atoms with E-state index in [-0.39, 0.29) is 0 Å². The molecule has 1 saturated heterocycles. The van der Waals surface area contributed by atoms with E-state index in [0.717, 1.165) is 12.6 Å². The van der Waals surface area contributed by atoms with Crippen molar-refractivity contribution in [1.82, 2.24) is 10.3 Å². The highest BCUT2D eigenvalue weighted by atomic mass is 15.1. The van der Waals surface area contributed by atoms with E-state index >= 15 is 0 Å². The van der Waals surface area contributed by atoms with Gasteiger partial charge in [0.05, 0.1) is 0 Å². The summed E-state index contributed by atoms with van der Waals surface area (Å²) in [4.78, 5) is 6.88. The van der Waals surface area contributed by atoms with Crippen molar-refractivity contribution in [2.24, 2.45) is 5.41 Å². The molecule has 2 heterocycles. The topological polar surface area (TPSA) is 28.2 Å². The Morgan fingerprint density at radius 2 is 2.10 bits per heavy atom. The van der Waals surface area contributed by atoms with Gasteiger partial charge in [0, 0.05) is 49.3 Å². The van der Waals surface area contributed by atoms with Crippen molar-refractivity contribution in [3.05, 3.63) is 24.0 Å². The fourth-order valence-electron chi connectivity index (χ4n) is 3.05. The van der Waals surface area contributed by atoms with Crippen molar-refractivity contribution < 1.29 is 0 Å². The highest BCUT2D eigenvalue weighted by molar-refractivity contribution is 5.52. The highest BCUT2D eigenvalue weighted by Gasteiger charge is 2.29. The number of aromatic nitrogens is 1. The number of piperidine rings is 1. The molecule has 0 unspecified atom stereocenters. The fourth-order valence-corrected chi connectivity index (χ4v) is 3.05. The van der Waals surface area contributed by atoms with Gasteiger partial charge in [0.25, 0.3) is 0 Å². The zero-order valence-corrected chi connectivity index (χ0v) is 12.9. The first kappa shape index (κ1) is 13.9. The van der Waals surface area contributed by atoms with Crippen LogP contribution in [-0.4, -0.2) is 24.1 Å². The number of hydrogen-bond acceptors (Lipinski definition) is 3. The van der Waals surface area contributed by atoms with E-state index in [1.165, 1.54) is 56.4 Å². The Bertz CT molecular complexity index is 445. The fraction of sp³-hybridized carbons (Fsp3) is 0.706. The van der Waals surface area contributed by atoms with Crippen molar-refractivity contribution in [3.8, 4) is 0 Å². The van der Waals surface area contributed by atoms with E-state index < -0.39 is 0 Å². The summed E-state index contributed by atoms with van der Waals surface area (Å²) in [6.07, 6.45) is 10.6. The quantitative estimate of drug-likeness (QED) is 0.891. The van der Waals surface area contributed by atoms with Crippen LogP contribution in [0.2, 0.25) is 0 Å². The molecule has 0 amide bonds. The van der Waals surface area contributed by atoms with Crippen molar-refractivity contribution >= 4 is 5.69 Å². The molecule has 3 heteroatoms. The van der Waals surface area contributed by atoms with E-state index in [2.05, 4.69) is 35.1 Å². The summed E-state index contributed by atoms with van der Waals surface area (Å²) in [5, 5.41) is 3.61. The molecule has 3 nitrogen and oxygen atoms in total. The third-order valence-electron chi connectivity index (χ3n) is 5.20. The maximum atomic E-state index is 4.32. The Hall–Kier alpha value is -1.09. The Labute approximate surface area is 122 Å². The lowest BCUT2D eigenvalue weighted by atomic mass is 9.78. The molecule has 1 aromatic rings. The number of anilines is 1. The Morgan fingerprint density at radius 3 is 2.75 bits per heavy atom. The molecule has 20 heavy (non-hydrogen) atoms. The van der Waals surface area contributed by atoms with Crippen LogP contribution in [0.4, 0.5) is 5.69 Å². The summed E-state index contributed by atoms with van der Waals surface area (Å²) in [6.45, 7) is 8.10. The van der Waals surface area contributed by atoms with Crippen molar-refractivity contribution in [1.29, 1.82) is 0 Å². The largest absolute Gasteiger partial charge is 0.371 e. The third kappa shape index (κ3) is 3.14. The minimum absolute atomic E-state index is 0.552. The first-order valence-corrected chi connectivity index (χ1v) is 8.11. The maximum absolute atomic E-state index is 4.32. The lowest BCUT2D eigenvalue weighted by Crippen LogP contribution is -2.39. The van der Waals surface area contributed by atoms with Crippen LogP contribution >= 0.6 is 0 Å². The molecule has 2 aliphatic rings. The van der Waals surface area contributed by atoms with Crippen LogP contribution in [0.25, 0.3) is 0 Å². The molecule has 1 saturated carbocycles. The van der Waals surface area contributed by atoms with Gasteiger partial charge in [-0.15, -0.1) is 0 Å². The van der Waals surface area contributed by atoms with Crippen molar-refractivity contribution in [2.75, 3.05) is 18.0 Å². The van der Waals surface area contributed by atoms with Gasteiger partial charge in [-0.3, -0.25) is 4.98 Å². The summed E-state index contributed by atoms with van der Waals surface area (Å²) in [5.41, 5.74) is 3.31. The Balaban J connectivity index is 1.67. The van der Waals surface area contributed by atoms with Gasteiger partial charge in [0.15, 0.2) is 0 Å². The van der Waals surface area contributed by atoms with Crippen LogP contribution in [-0.2, 0) is 6.54 Å². The zero-order valence-electron chi connectivity index (χ0n) is 12.9. The second-order valence-electron chi connectivity index (χ2n) is 6.81. The van der Waals surface area contributed by atoms with Gasteiger partial charge in [-0.25, -0.2) is 0 Å². The highest BCUT2D eigenvalue weighted by Crippen LogP contribution is 2.36. The molecule has 3 rings (SSSR count). The smallest absolute Gasteiger partial charge is 0.0442 e. The monoisotopic (exact) mass is 273 g/mol. The van der Waals surface area contributed by atoms with E-state index in [1.54, 1.807) is 0 Å². The number of nitrogens with one attached hydrogen (secondary N) is 1. The number of pyridine rings is 1. The number of nitrogens with zero attached hydrogens (tertiary/aromatic N) is 2. The molecule has 1 aromatic heterocycles. The minimum atomic E-state index is 0.552. The van der Waals surface area contributed by atoms with Crippen LogP contribution < -0.4 is 10.2 Å². The zero-order chi connectivity index (χ0) is 14.0. The molecule has 0 radical (unpaired) electrons. The lowest BCUT2D eigenvalue weighted by Gasteiger charge is -2.40. The van der Waals surface area contributed by atoms with E-state index in [1.807, 2.05) is 12.4 Å². The minimum Gasteiger partial charge on any atom is -0.371 e. The molecule has 110 valence electrons. The first-order valence-electron chi connectivity index (χ1n) is 8.11. The average molecular weight is 273 g/mol. The summed E-state index contributed by atoms with van der Waals surface area (Å²) in [5.74, 6) is 0. The standard InChI is InChI=1S/C17H27N3/c1-3-17(2)7-10-20(11-8-17)16-6-9-18-12-14(16)13-19-15-4-5-15/h6,9,12,15,19H,3-5,7-8,10-11,13H2,1-2H3. The molecule has 0 bridgehead atoms. The van der Waals surface area contributed by atoms with Crippen molar-refractivity contribution in [2.45, 2.75) is 58.5 Å². The lowest BCUT2D eigenvalue weighted by molar-refractivity contribution is 0.238. The van der Waals surface area contributed by atoms with Crippen LogP contribution in [0.15, 0.2) is 18.5 Å². The molecule has 1 aliphatic heterocycles. The third-order valence-corrected chi connectivity index (χ3v) is 5.20. The number of hydrogen-bond donors (Lipinski definition) is 1. The molecule has 0 atom stereocenters. The summed E-state index contributed by atoms with van der Waals surface area (Å²) < 4.78 is 0. The normalized spacial score (nSPS) is 22.0. The van der Waals surface area contributed by atoms with Crippen molar-refractivity contribution in [3.63, 3.8) is 0 Å². The van der Waals surface area contributed by atoms with Gasteiger partial charge < -0.3 is 10.2 Å². The SMILES string of the molecule is CCC1(C)CCN(c2ccncc2CNC2CC2)CC1. The van der Waals surface area contributed by atoms with Crippen LogP contribution in [0.5, 0.6) is 0 Å². The first-order chi connectivity index (χ1) is 9.70. The van der Waals surface area contributed by atoms with Gasteiger partial charge in [-0.1, -0.05) is 20.3 Å². The summed E-state index contributed by atoms with van der Waals surface area (Å²) in [7, 11) is 0. The molecule has 1 aliphatic carbocycles. The molecule has 0 spiro atoms. The summed E-state index contributed by atoms with van der Waals surface area (Å²) >= 11 is 0. The molecule has 0 aromatic carbocycles. The van der Waals surface area contributed by atoms with Crippen LogP contribution in [0, 0.1) is 5.41 Å². The second kappa shape index (κ2) is 5.72. The second-order valence-corrected chi connectivity index (χ2v) is 6.81. The van der Waals surface area contributed by atoms with Crippen LogP contribution in [0.3, 0.4) is 0 Å². The summed E-state index contributed by atoms with van der Waals surface area (Å²) in [6, 6.07) is 2.95. The van der Waals surface area contributed by atoms with Gasteiger partial charge in [-0.2, -0.15) is 0 Å². The molecular formula is C17H27N3. The van der Waals surface area contributed by atoms with Gasteiger partial charge in [0.1, 0.15) is 0 Å². The number of rotatable bonds is 5. The Morgan fingerprint density at radius 1 is 1.35 bits per heavy atom. The van der Waals surface area contributed by atoms with Gasteiger partial charge >= 0.3 is 0 Å². The van der Waals surface area contributed by atoms with Crippen LogP contribution in [0.1, 0.15) is 51.5 Å². The Kier molecular flexibility index (Phi) is 3.97. The van der Waals surface area contributed by atoms with E-state index in [0.29, 0.717) is 5.41 Å². The maximum Gasteiger partial charge on any atom is 0.0442 e. The van der Waals surface area contributed by atoms with E-state index in [4.69, 9.17) is 0 Å². The van der Waals surface area contributed by atoms with Gasteiger partial charge in [-0.05, 0) is 37.2 Å². The average Bonchev–Trinajstić information content (AvgIpc) is 3.31. The van der Waals surface area contributed by atoms with Gasteiger partial charge in [0.2, 0.25) is 0 Å².